The zero-order chi connectivity index (χ0) is 21.3. The molecule has 0 spiro atoms. The minimum Gasteiger partial charge on any atom is -0.462 e. The lowest BCUT2D eigenvalue weighted by Gasteiger charge is -2.17. The molecule has 2 amide bonds. The molecule has 1 aromatic carbocycles. The molecule has 0 aliphatic rings. The number of carbonyl (C=O) groups is 4. The predicted molar refractivity (Wildman–Crippen MR) is 104 cm³/mol. The Kier molecular flexibility index (Phi) is 8.63. The van der Waals surface area contributed by atoms with Crippen molar-refractivity contribution in [3.8, 4) is 0 Å². The molecule has 154 valence electrons. The first-order valence-corrected chi connectivity index (χ1v) is 9.16. The Morgan fingerprint density at radius 2 is 1.39 bits per heavy atom. The molecule has 0 bridgehead atoms. The first-order valence-electron chi connectivity index (χ1n) is 9.16. The Balaban J connectivity index is 2.87. The summed E-state index contributed by atoms with van der Waals surface area (Å²) in [5.41, 5.74) is -0.0212. The predicted octanol–water partition coefficient (Wildman–Crippen LogP) is 2.53. The van der Waals surface area contributed by atoms with Crippen molar-refractivity contribution in [1.29, 1.82) is 0 Å². The Morgan fingerprint density at radius 3 is 1.82 bits per heavy atom. The van der Waals surface area contributed by atoms with Gasteiger partial charge in [0.25, 0.3) is 0 Å². The van der Waals surface area contributed by atoms with Gasteiger partial charge in [-0.1, -0.05) is 20.8 Å². The third kappa shape index (κ3) is 7.38. The number of benzene rings is 1. The molecule has 8 heteroatoms. The van der Waals surface area contributed by atoms with Gasteiger partial charge in [-0.15, -0.1) is 0 Å². The van der Waals surface area contributed by atoms with Gasteiger partial charge in [0.05, 0.1) is 24.3 Å². The number of hydrogen-bond acceptors (Lipinski definition) is 6. The van der Waals surface area contributed by atoms with Crippen molar-refractivity contribution in [2.24, 2.45) is 5.41 Å². The van der Waals surface area contributed by atoms with E-state index in [1.165, 1.54) is 18.2 Å². The van der Waals surface area contributed by atoms with Gasteiger partial charge in [0, 0.05) is 24.1 Å². The van der Waals surface area contributed by atoms with Crippen LogP contribution in [-0.2, 0) is 19.1 Å². The summed E-state index contributed by atoms with van der Waals surface area (Å²) in [5.74, 6) is -1.75. The molecule has 0 aliphatic heterocycles. The van der Waals surface area contributed by atoms with Gasteiger partial charge in [-0.3, -0.25) is 9.59 Å². The molecule has 0 unspecified atom stereocenters. The monoisotopic (exact) mass is 392 g/mol. The van der Waals surface area contributed by atoms with Crippen LogP contribution in [0.2, 0.25) is 0 Å². The molecule has 0 atom stereocenters. The topological polar surface area (TPSA) is 111 Å². The van der Waals surface area contributed by atoms with Gasteiger partial charge < -0.3 is 20.1 Å². The number of nitrogens with one attached hydrogen (secondary N) is 2. The van der Waals surface area contributed by atoms with E-state index < -0.39 is 17.4 Å². The number of anilines is 1. The average Bonchev–Trinajstić information content (AvgIpc) is 2.60. The summed E-state index contributed by atoms with van der Waals surface area (Å²) in [5, 5.41) is 5.31. The summed E-state index contributed by atoms with van der Waals surface area (Å²) in [6, 6.07) is 4.20. The second kappa shape index (κ2) is 10.4. The van der Waals surface area contributed by atoms with Gasteiger partial charge in [0.15, 0.2) is 0 Å². The highest BCUT2D eigenvalue weighted by molar-refractivity contribution is 5.99. The first kappa shape index (κ1) is 23.1. The largest absolute Gasteiger partial charge is 0.462 e. The number of carbonyl (C=O) groups excluding carboxylic acids is 4. The fraction of sp³-hybridized carbons (Fsp3) is 0.500. The lowest BCUT2D eigenvalue weighted by molar-refractivity contribution is -0.128. The summed E-state index contributed by atoms with van der Waals surface area (Å²) in [6.07, 6.45) is 0.0419. The highest BCUT2D eigenvalue weighted by Gasteiger charge is 2.21. The summed E-state index contributed by atoms with van der Waals surface area (Å²) in [4.78, 5) is 48.0. The number of amides is 2. The standard InChI is InChI=1S/C20H28N2O6/c1-6-27-17(24)13-10-14(18(25)28-7-2)12-15(11-13)22-16(23)8-9-21-19(26)20(3,4)5/h10-12H,6-9H2,1-5H3,(H,21,26)(H,22,23). The fourth-order valence-corrected chi connectivity index (χ4v) is 2.14. The van der Waals surface area contributed by atoms with Crippen LogP contribution < -0.4 is 10.6 Å². The summed E-state index contributed by atoms with van der Waals surface area (Å²) in [6.45, 7) is 9.20. The van der Waals surface area contributed by atoms with Gasteiger partial charge in [-0.2, -0.15) is 0 Å². The van der Waals surface area contributed by atoms with Crippen molar-refractivity contribution >= 4 is 29.4 Å². The molecule has 0 saturated heterocycles. The van der Waals surface area contributed by atoms with Crippen LogP contribution in [0.1, 0.15) is 61.8 Å². The Morgan fingerprint density at radius 1 is 0.893 bits per heavy atom. The SMILES string of the molecule is CCOC(=O)c1cc(NC(=O)CCNC(=O)C(C)(C)C)cc(C(=O)OCC)c1. The van der Waals surface area contributed by atoms with Crippen molar-refractivity contribution in [3.05, 3.63) is 29.3 Å². The van der Waals surface area contributed by atoms with E-state index in [0.29, 0.717) is 0 Å². The number of esters is 2. The van der Waals surface area contributed by atoms with Gasteiger partial charge in [-0.05, 0) is 32.0 Å². The van der Waals surface area contributed by atoms with E-state index in [-0.39, 0.29) is 54.8 Å². The normalized spacial score (nSPS) is 10.8. The fourth-order valence-electron chi connectivity index (χ4n) is 2.14. The summed E-state index contributed by atoms with van der Waals surface area (Å²) < 4.78 is 9.91. The smallest absolute Gasteiger partial charge is 0.338 e. The van der Waals surface area contributed by atoms with Crippen LogP contribution in [0.25, 0.3) is 0 Å². The van der Waals surface area contributed by atoms with Crippen molar-refractivity contribution in [2.45, 2.75) is 41.0 Å². The second-order valence-electron chi connectivity index (χ2n) is 7.04. The maximum Gasteiger partial charge on any atom is 0.338 e. The van der Waals surface area contributed by atoms with Gasteiger partial charge in [0.1, 0.15) is 0 Å². The van der Waals surface area contributed by atoms with Crippen LogP contribution in [-0.4, -0.2) is 43.5 Å². The molecular weight excluding hydrogens is 364 g/mol. The van der Waals surface area contributed by atoms with Gasteiger partial charge >= 0.3 is 11.9 Å². The van der Waals surface area contributed by atoms with Crippen molar-refractivity contribution in [1.82, 2.24) is 5.32 Å². The van der Waals surface area contributed by atoms with Crippen LogP contribution in [0.5, 0.6) is 0 Å². The van der Waals surface area contributed by atoms with Gasteiger partial charge in [0.2, 0.25) is 11.8 Å². The Bertz CT molecular complexity index is 700. The van der Waals surface area contributed by atoms with Crippen molar-refractivity contribution in [3.63, 3.8) is 0 Å². The van der Waals surface area contributed by atoms with E-state index in [4.69, 9.17) is 9.47 Å². The molecule has 8 nitrogen and oxygen atoms in total. The minimum atomic E-state index is -0.610. The highest BCUT2D eigenvalue weighted by atomic mass is 16.5. The van der Waals surface area contributed by atoms with Crippen LogP contribution in [0, 0.1) is 5.41 Å². The Hall–Kier alpha value is -2.90. The molecule has 0 saturated carbocycles. The molecular formula is C20H28N2O6. The minimum absolute atomic E-state index is 0.0419. The Labute approximate surface area is 165 Å². The summed E-state index contributed by atoms with van der Waals surface area (Å²) >= 11 is 0. The highest BCUT2D eigenvalue weighted by Crippen LogP contribution is 2.18. The average molecular weight is 392 g/mol. The van der Waals surface area contributed by atoms with E-state index in [2.05, 4.69) is 10.6 Å². The molecule has 1 aromatic rings. The number of rotatable bonds is 8. The molecule has 0 radical (unpaired) electrons. The maximum atomic E-state index is 12.2. The number of hydrogen-bond donors (Lipinski definition) is 2. The third-order valence-corrected chi connectivity index (χ3v) is 3.56. The summed E-state index contributed by atoms with van der Waals surface area (Å²) in [7, 11) is 0. The van der Waals surface area contributed by atoms with Crippen molar-refractivity contribution < 1.29 is 28.7 Å². The van der Waals surface area contributed by atoms with E-state index in [1.54, 1.807) is 34.6 Å². The van der Waals surface area contributed by atoms with E-state index >= 15 is 0 Å². The van der Waals surface area contributed by atoms with E-state index in [0.717, 1.165) is 0 Å². The van der Waals surface area contributed by atoms with Crippen LogP contribution in [0.3, 0.4) is 0 Å². The first-order chi connectivity index (χ1) is 13.1. The van der Waals surface area contributed by atoms with Gasteiger partial charge in [-0.25, -0.2) is 9.59 Å². The zero-order valence-electron chi connectivity index (χ0n) is 17.0. The molecule has 2 N–H and O–H groups in total. The molecule has 28 heavy (non-hydrogen) atoms. The molecule has 0 heterocycles. The lowest BCUT2D eigenvalue weighted by atomic mass is 9.96. The molecule has 0 fully saturated rings. The van der Waals surface area contributed by atoms with Crippen LogP contribution in [0.4, 0.5) is 5.69 Å². The van der Waals surface area contributed by atoms with E-state index in [1.807, 2.05) is 0 Å². The quantitative estimate of drug-likeness (QED) is 0.658. The van der Waals surface area contributed by atoms with E-state index in [9.17, 15) is 19.2 Å². The molecule has 0 aromatic heterocycles. The maximum absolute atomic E-state index is 12.2. The van der Waals surface area contributed by atoms with Crippen LogP contribution in [0.15, 0.2) is 18.2 Å². The lowest BCUT2D eigenvalue weighted by Crippen LogP contribution is -2.36. The zero-order valence-corrected chi connectivity index (χ0v) is 17.0. The number of ether oxygens (including phenoxy) is 2. The van der Waals surface area contributed by atoms with Crippen molar-refractivity contribution in [2.75, 3.05) is 25.1 Å². The third-order valence-electron chi connectivity index (χ3n) is 3.56. The second-order valence-corrected chi connectivity index (χ2v) is 7.04. The van der Waals surface area contributed by atoms with Crippen LogP contribution >= 0.6 is 0 Å². The molecule has 0 aliphatic carbocycles. The molecule has 1 rings (SSSR count).